The molecule has 0 saturated heterocycles. The van der Waals surface area contributed by atoms with E-state index >= 15 is 0 Å². The van der Waals surface area contributed by atoms with Gasteiger partial charge < -0.3 is 15.8 Å². The summed E-state index contributed by atoms with van der Waals surface area (Å²) in [6, 6.07) is 0.501. The Kier molecular flexibility index (Phi) is 5.58. The molecule has 0 aromatic heterocycles. The summed E-state index contributed by atoms with van der Waals surface area (Å²) in [6.07, 6.45) is 3.12. The molecule has 1 aliphatic carbocycles. The molecule has 0 aliphatic heterocycles. The number of ether oxygens (including phenoxy) is 1. The van der Waals surface area contributed by atoms with Crippen LogP contribution >= 0.6 is 11.8 Å². The first-order chi connectivity index (χ1) is 7.58. The van der Waals surface area contributed by atoms with Crippen LogP contribution in [-0.4, -0.2) is 42.7 Å². The summed E-state index contributed by atoms with van der Waals surface area (Å²) in [5.41, 5.74) is 4.91. The number of hydrogen-bond donors (Lipinski definition) is 2. The van der Waals surface area contributed by atoms with Crippen molar-refractivity contribution in [1.82, 2.24) is 5.32 Å². The number of nitrogens with two attached hydrogens (primary N) is 1. The molecule has 0 bridgehead atoms. The third-order valence-electron chi connectivity index (χ3n) is 2.82. The zero-order chi connectivity index (χ0) is 12.0. The molecule has 0 aromatic rings. The van der Waals surface area contributed by atoms with Gasteiger partial charge in [0.2, 0.25) is 5.91 Å². The van der Waals surface area contributed by atoms with Crippen LogP contribution in [0.5, 0.6) is 0 Å². The van der Waals surface area contributed by atoms with Gasteiger partial charge in [0, 0.05) is 18.9 Å². The van der Waals surface area contributed by atoms with Crippen molar-refractivity contribution in [1.29, 1.82) is 0 Å². The third-order valence-corrected chi connectivity index (χ3v) is 3.77. The predicted molar refractivity (Wildman–Crippen MR) is 67.6 cm³/mol. The summed E-state index contributed by atoms with van der Waals surface area (Å²) < 4.78 is 4.97. The smallest absolute Gasteiger partial charge is 0.237 e. The maximum absolute atomic E-state index is 11.4. The van der Waals surface area contributed by atoms with Gasteiger partial charge in [-0.1, -0.05) is 0 Å². The van der Waals surface area contributed by atoms with Crippen molar-refractivity contribution < 1.29 is 9.53 Å². The summed E-state index contributed by atoms with van der Waals surface area (Å²) in [5.74, 6) is 1.66. The molecule has 5 heteroatoms. The van der Waals surface area contributed by atoms with Crippen LogP contribution in [0.4, 0.5) is 0 Å². The number of carbonyl (C=O) groups is 1. The number of thioether (sulfide) groups is 1. The predicted octanol–water partition coefficient (Wildman–Crippen LogP) is 0.752. The van der Waals surface area contributed by atoms with Crippen LogP contribution in [0.3, 0.4) is 0 Å². The van der Waals surface area contributed by atoms with E-state index in [1.165, 1.54) is 12.8 Å². The second-order valence-electron chi connectivity index (χ2n) is 4.47. The van der Waals surface area contributed by atoms with Gasteiger partial charge in [-0.25, -0.2) is 0 Å². The third kappa shape index (κ3) is 4.72. The van der Waals surface area contributed by atoms with Crippen LogP contribution < -0.4 is 11.1 Å². The minimum absolute atomic E-state index is 0.244. The molecule has 1 amide bonds. The maximum atomic E-state index is 11.4. The fraction of sp³-hybridized carbons (Fsp3) is 0.909. The lowest BCUT2D eigenvalue weighted by molar-refractivity contribution is -0.124. The summed E-state index contributed by atoms with van der Waals surface area (Å²) in [4.78, 5) is 11.4. The number of nitrogens with one attached hydrogen (secondary N) is 1. The quantitative estimate of drug-likeness (QED) is 0.589. The second-order valence-corrected chi connectivity index (χ2v) is 5.69. The number of rotatable bonds is 9. The number of primary amides is 1. The number of methoxy groups -OCH3 is 1. The number of amides is 1. The first-order valence-corrected chi connectivity index (χ1v) is 6.88. The van der Waals surface area contributed by atoms with E-state index < -0.39 is 5.54 Å². The number of carbonyl (C=O) groups excluding carboxylic acids is 1. The molecule has 1 fully saturated rings. The monoisotopic (exact) mass is 246 g/mol. The average molecular weight is 246 g/mol. The molecule has 94 valence electrons. The van der Waals surface area contributed by atoms with E-state index in [-0.39, 0.29) is 5.91 Å². The summed E-state index contributed by atoms with van der Waals surface area (Å²) in [5, 5.41) is 3.34. The molecule has 4 nitrogen and oxygen atoms in total. The van der Waals surface area contributed by atoms with Crippen LogP contribution in [0.15, 0.2) is 0 Å². The topological polar surface area (TPSA) is 64.3 Å². The van der Waals surface area contributed by atoms with Gasteiger partial charge in [-0.3, -0.25) is 4.79 Å². The standard InChI is InChI=1S/C11H22N2O2S/c1-11(10(12)14,13-9-3-4-9)5-7-16-8-6-15-2/h9,13H,3-8H2,1-2H3,(H2,12,14). The molecular formula is C11H22N2O2S. The van der Waals surface area contributed by atoms with Crippen LogP contribution in [0.2, 0.25) is 0 Å². The van der Waals surface area contributed by atoms with E-state index in [1.54, 1.807) is 18.9 Å². The molecule has 1 atom stereocenters. The fourth-order valence-electron chi connectivity index (χ4n) is 1.47. The van der Waals surface area contributed by atoms with E-state index in [4.69, 9.17) is 10.5 Å². The van der Waals surface area contributed by atoms with Crippen LogP contribution in [0.1, 0.15) is 26.2 Å². The van der Waals surface area contributed by atoms with Gasteiger partial charge in [-0.15, -0.1) is 0 Å². The van der Waals surface area contributed by atoms with Crippen molar-refractivity contribution in [3.8, 4) is 0 Å². The van der Waals surface area contributed by atoms with Crippen molar-refractivity contribution in [3.63, 3.8) is 0 Å². The van der Waals surface area contributed by atoms with Gasteiger partial charge in [-0.05, 0) is 31.9 Å². The molecule has 0 spiro atoms. The van der Waals surface area contributed by atoms with E-state index in [0.29, 0.717) is 6.04 Å². The van der Waals surface area contributed by atoms with E-state index in [2.05, 4.69) is 5.32 Å². The minimum atomic E-state index is -0.540. The zero-order valence-electron chi connectivity index (χ0n) is 10.1. The highest BCUT2D eigenvalue weighted by atomic mass is 32.2. The first-order valence-electron chi connectivity index (χ1n) is 5.73. The maximum Gasteiger partial charge on any atom is 0.237 e. The van der Waals surface area contributed by atoms with Crippen molar-refractivity contribution in [2.24, 2.45) is 5.73 Å². The van der Waals surface area contributed by atoms with Crippen LogP contribution in [0.25, 0.3) is 0 Å². The highest BCUT2D eigenvalue weighted by Gasteiger charge is 2.36. The SMILES string of the molecule is COCCSCCC(C)(NC1CC1)C(N)=O. The Hall–Kier alpha value is -0.260. The molecule has 1 unspecified atom stereocenters. The van der Waals surface area contributed by atoms with Gasteiger partial charge >= 0.3 is 0 Å². The lowest BCUT2D eigenvalue weighted by Gasteiger charge is -2.27. The molecule has 16 heavy (non-hydrogen) atoms. The molecule has 1 saturated carbocycles. The van der Waals surface area contributed by atoms with Crippen molar-refractivity contribution in [2.45, 2.75) is 37.8 Å². The van der Waals surface area contributed by atoms with E-state index in [0.717, 1.165) is 24.5 Å². The Balaban J connectivity index is 2.23. The second kappa shape index (κ2) is 6.47. The molecule has 0 aromatic carbocycles. The van der Waals surface area contributed by atoms with E-state index in [1.807, 2.05) is 6.92 Å². The lowest BCUT2D eigenvalue weighted by Crippen LogP contribution is -2.54. The molecule has 0 radical (unpaired) electrons. The van der Waals surface area contributed by atoms with Crippen molar-refractivity contribution in [2.75, 3.05) is 25.2 Å². The Morgan fingerprint density at radius 3 is 2.75 bits per heavy atom. The fourth-order valence-corrected chi connectivity index (χ4v) is 2.51. The Morgan fingerprint density at radius 2 is 2.25 bits per heavy atom. The first kappa shape index (κ1) is 13.8. The van der Waals surface area contributed by atoms with Gasteiger partial charge in [0.05, 0.1) is 12.1 Å². The zero-order valence-corrected chi connectivity index (χ0v) is 10.9. The van der Waals surface area contributed by atoms with Crippen molar-refractivity contribution in [3.05, 3.63) is 0 Å². The lowest BCUT2D eigenvalue weighted by atomic mass is 9.98. The molecule has 1 rings (SSSR count). The normalized spacial score (nSPS) is 19.4. The van der Waals surface area contributed by atoms with Gasteiger partial charge in [-0.2, -0.15) is 11.8 Å². The Bertz CT molecular complexity index is 234. The minimum Gasteiger partial charge on any atom is -0.384 e. The Labute approximate surface area is 102 Å². The average Bonchev–Trinajstić information content (AvgIpc) is 3.01. The van der Waals surface area contributed by atoms with E-state index in [9.17, 15) is 4.79 Å². The van der Waals surface area contributed by atoms with Crippen LogP contribution in [0, 0.1) is 0 Å². The van der Waals surface area contributed by atoms with Crippen LogP contribution in [-0.2, 0) is 9.53 Å². The summed E-state index contributed by atoms with van der Waals surface area (Å²) in [7, 11) is 1.70. The Morgan fingerprint density at radius 1 is 1.56 bits per heavy atom. The highest BCUT2D eigenvalue weighted by molar-refractivity contribution is 7.99. The molecular weight excluding hydrogens is 224 g/mol. The largest absolute Gasteiger partial charge is 0.384 e. The molecule has 0 heterocycles. The van der Waals surface area contributed by atoms with Crippen molar-refractivity contribution >= 4 is 17.7 Å². The number of hydrogen-bond acceptors (Lipinski definition) is 4. The van der Waals surface area contributed by atoms with Gasteiger partial charge in [0.25, 0.3) is 0 Å². The highest BCUT2D eigenvalue weighted by Crippen LogP contribution is 2.24. The molecule has 3 N–H and O–H groups in total. The van der Waals surface area contributed by atoms with Gasteiger partial charge in [0.1, 0.15) is 0 Å². The summed E-state index contributed by atoms with van der Waals surface area (Å²) >= 11 is 1.80. The van der Waals surface area contributed by atoms with Gasteiger partial charge in [0.15, 0.2) is 0 Å². The molecule has 1 aliphatic rings. The summed E-state index contributed by atoms with van der Waals surface area (Å²) in [6.45, 7) is 2.67.